The van der Waals surface area contributed by atoms with Gasteiger partial charge in [0.05, 0.1) is 19.3 Å². The fourth-order valence-electron chi connectivity index (χ4n) is 1.68. The monoisotopic (exact) mass is 309 g/mol. The van der Waals surface area contributed by atoms with E-state index in [-0.39, 0.29) is 5.56 Å². The lowest BCUT2D eigenvalue weighted by atomic mass is 10.1. The number of hydrogen-bond acceptors (Lipinski definition) is 4. The molecule has 0 aliphatic rings. The third kappa shape index (κ3) is 5.27. The number of aliphatic carboxylic acids is 1. The van der Waals surface area contributed by atoms with Crippen molar-refractivity contribution in [2.75, 3.05) is 13.7 Å². The lowest BCUT2D eigenvalue weighted by molar-refractivity contribution is -0.138. The third-order valence-corrected chi connectivity index (χ3v) is 3.10. The Labute approximate surface area is 130 Å². The van der Waals surface area contributed by atoms with Crippen LogP contribution in [0.3, 0.4) is 0 Å². The molecule has 6 heteroatoms. The minimum atomic E-state index is -1.09. The van der Waals surface area contributed by atoms with Gasteiger partial charge < -0.3 is 19.9 Å². The van der Waals surface area contributed by atoms with Crippen LogP contribution in [-0.2, 0) is 4.79 Å². The van der Waals surface area contributed by atoms with Gasteiger partial charge in [-0.3, -0.25) is 9.59 Å². The van der Waals surface area contributed by atoms with Crippen molar-refractivity contribution in [1.82, 2.24) is 5.32 Å². The van der Waals surface area contributed by atoms with Gasteiger partial charge in [0.1, 0.15) is 17.5 Å². The molecule has 0 fully saturated rings. The number of ether oxygens (including phenoxy) is 2. The molecule has 1 rings (SSSR count). The van der Waals surface area contributed by atoms with Gasteiger partial charge in [0.25, 0.3) is 5.91 Å². The molecular weight excluding hydrogens is 286 g/mol. The zero-order valence-electron chi connectivity index (χ0n) is 13.4. The number of nitrogens with one attached hydrogen (secondary N) is 1. The first-order chi connectivity index (χ1) is 10.3. The molecule has 6 nitrogen and oxygen atoms in total. The minimum Gasteiger partial charge on any atom is -0.497 e. The molecule has 1 amide bonds. The van der Waals surface area contributed by atoms with Gasteiger partial charge in [0, 0.05) is 6.07 Å². The molecule has 0 saturated carbocycles. The topological polar surface area (TPSA) is 84.9 Å². The van der Waals surface area contributed by atoms with Gasteiger partial charge in [-0.2, -0.15) is 0 Å². The van der Waals surface area contributed by atoms with Crippen molar-refractivity contribution in [2.45, 2.75) is 33.2 Å². The van der Waals surface area contributed by atoms with Crippen LogP contribution in [0.4, 0.5) is 0 Å². The number of carboxylic acid groups (broad SMARTS) is 1. The summed E-state index contributed by atoms with van der Waals surface area (Å²) >= 11 is 0. The normalized spacial score (nSPS) is 11.9. The van der Waals surface area contributed by atoms with Crippen molar-refractivity contribution in [3.05, 3.63) is 23.8 Å². The molecule has 0 radical (unpaired) electrons. The highest BCUT2D eigenvalue weighted by Gasteiger charge is 2.19. The predicted octanol–water partition coefficient (Wildman–Crippen LogP) is 2.32. The Morgan fingerprint density at radius 2 is 1.95 bits per heavy atom. The second kappa shape index (κ2) is 8.26. The SMILES string of the molecule is COc1ccc(C(=O)N[C@@H](C)C(=O)O)c(OCCC(C)C)c1. The first-order valence-corrected chi connectivity index (χ1v) is 7.19. The van der Waals surface area contributed by atoms with E-state index in [1.54, 1.807) is 18.2 Å². The molecule has 122 valence electrons. The number of carbonyl (C=O) groups excluding carboxylic acids is 1. The molecule has 0 spiro atoms. The highest BCUT2D eigenvalue weighted by molar-refractivity contribution is 5.99. The van der Waals surface area contributed by atoms with Crippen molar-refractivity contribution < 1.29 is 24.2 Å². The quantitative estimate of drug-likeness (QED) is 0.770. The van der Waals surface area contributed by atoms with Crippen molar-refractivity contribution >= 4 is 11.9 Å². The van der Waals surface area contributed by atoms with Crippen LogP contribution in [0.15, 0.2) is 18.2 Å². The molecular formula is C16H23NO5. The van der Waals surface area contributed by atoms with Gasteiger partial charge >= 0.3 is 5.97 Å². The fraction of sp³-hybridized carbons (Fsp3) is 0.500. The van der Waals surface area contributed by atoms with Crippen LogP contribution in [0, 0.1) is 5.92 Å². The molecule has 2 N–H and O–H groups in total. The second-order valence-corrected chi connectivity index (χ2v) is 5.43. The average Bonchev–Trinajstić information content (AvgIpc) is 2.46. The van der Waals surface area contributed by atoms with Gasteiger partial charge in [-0.15, -0.1) is 0 Å². The van der Waals surface area contributed by atoms with Crippen LogP contribution in [0.25, 0.3) is 0 Å². The maximum Gasteiger partial charge on any atom is 0.325 e. The number of amides is 1. The summed E-state index contributed by atoms with van der Waals surface area (Å²) in [5.41, 5.74) is 0.289. The van der Waals surface area contributed by atoms with E-state index in [2.05, 4.69) is 19.2 Å². The second-order valence-electron chi connectivity index (χ2n) is 5.43. The molecule has 0 saturated heterocycles. The van der Waals surface area contributed by atoms with E-state index in [0.717, 1.165) is 6.42 Å². The lowest BCUT2D eigenvalue weighted by Gasteiger charge is -2.15. The van der Waals surface area contributed by atoms with Crippen LogP contribution in [-0.4, -0.2) is 36.7 Å². The average molecular weight is 309 g/mol. The summed E-state index contributed by atoms with van der Waals surface area (Å²) in [6.45, 7) is 6.04. The van der Waals surface area contributed by atoms with E-state index in [9.17, 15) is 9.59 Å². The van der Waals surface area contributed by atoms with Gasteiger partial charge in [-0.1, -0.05) is 13.8 Å². The van der Waals surface area contributed by atoms with Gasteiger partial charge in [0.2, 0.25) is 0 Å². The molecule has 0 aliphatic heterocycles. The van der Waals surface area contributed by atoms with E-state index in [1.165, 1.54) is 14.0 Å². The largest absolute Gasteiger partial charge is 0.497 e. The summed E-state index contributed by atoms with van der Waals surface area (Å²) in [4.78, 5) is 23.0. The number of carbonyl (C=O) groups is 2. The third-order valence-electron chi connectivity index (χ3n) is 3.10. The van der Waals surface area contributed by atoms with Crippen LogP contribution in [0.1, 0.15) is 37.6 Å². The van der Waals surface area contributed by atoms with Gasteiger partial charge in [-0.25, -0.2) is 0 Å². The Morgan fingerprint density at radius 1 is 1.27 bits per heavy atom. The Morgan fingerprint density at radius 3 is 2.50 bits per heavy atom. The summed E-state index contributed by atoms with van der Waals surface area (Å²) in [5.74, 6) is -0.145. The van der Waals surface area contributed by atoms with Crippen LogP contribution >= 0.6 is 0 Å². The van der Waals surface area contributed by atoms with E-state index in [4.69, 9.17) is 14.6 Å². The van der Waals surface area contributed by atoms with Crippen molar-refractivity contribution in [2.24, 2.45) is 5.92 Å². The van der Waals surface area contributed by atoms with E-state index >= 15 is 0 Å². The van der Waals surface area contributed by atoms with Crippen molar-refractivity contribution in [3.63, 3.8) is 0 Å². The van der Waals surface area contributed by atoms with Gasteiger partial charge in [0.15, 0.2) is 0 Å². The maximum absolute atomic E-state index is 12.2. The predicted molar refractivity (Wildman–Crippen MR) is 82.5 cm³/mol. The molecule has 1 atom stereocenters. The van der Waals surface area contributed by atoms with E-state index < -0.39 is 17.9 Å². The molecule has 0 aliphatic carbocycles. The van der Waals surface area contributed by atoms with Crippen LogP contribution < -0.4 is 14.8 Å². The highest BCUT2D eigenvalue weighted by atomic mass is 16.5. The Balaban J connectivity index is 2.91. The first-order valence-electron chi connectivity index (χ1n) is 7.19. The molecule has 1 aromatic carbocycles. The zero-order valence-corrected chi connectivity index (χ0v) is 13.4. The number of methoxy groups -OCH3 is 1. The zero-order chi connectivity index (χ0) is 16.7. The number of hydrogen-bond donors (Lipinski definition) is 2. The Bertz CT molecular complexity index is 527. The van der Waals surface area contributed by atoms with Crippen LogP contribution in [0.2, 0.25) is 0 Å². The standard InChI is InChI=1S/C16H23NO5/c1-10(2)7-8-22-14-9-12(21-4)5-6-13(14)15(18)17-11(3)16(19)20/h5-6,9-11H,7-8H2,1-4H3,(H,17,18)(H,19,20)/t11-/m0/s1. The molecule has 1 aromatic rings. The molecule has 0 aromatic heterocycles. The van der Waals surface area contributed by atoms with Gasteiger partial charge in [-0.05, 0) is 31.4 Å². The minimum absolute atomic E-state index is 0.289. The van der Waals surface area contributed by atoms with Crippen molar-refractivity contribution in [3.8, 4) is 11.5 Å². The number of benzene rings is 1. The van der Waals surface area contributed by atoms with Crippen LogP contribution in [0.5, 0.6) is 11.5 Å². The van der Waals surface area contributed by atoms with E-state index in [1.807, 2.05) is 0 Å². The summed E-state index contributed by atoms with van der Waals surface area (Å²) in [7, 11) is 1.53. The molecule has 22 heavy (non-hydrogen) atoms. The smallest absolute Gasteiger partial charge is 0.325 e. The molecule has 0 unspecified atom stereocenters. The fourth-order valence-corrected chi connectivity index (χ4v) is 1.68. The Kier molecular flexibility index (Phi) is 6.69. The first kappa shape index (κ1) is 17.8. The van der Waals surface area contributed by atoms with E-state index in [0.29, 0.717) is 24.0 Å². The Hall–Kier alpha value is -2.24. The maximum atomic E-state index is 12.2. The number of carboxylic acids is 1. The summed E-state index contributed by atoms with van der Waals surface area (Å²) in [6, 6.07) is 3.85. The number of rotatable bonds is 8. The van der Waals surface area contributed by atoms with Crippen molar-refractivity contribution in [1.29, 1.82) is 0 Å². The molecule has 0 heterocycles. The summed E-state index contributed by atoms with van der Waals surface area (Å²) in [5, 5.41) is 11.3. The lowest BCUT2D eigenvalue weighted by Crippen LogP contribution is -2.38. The summed E-state index contributed by atoms with van der Waals surface area (Å²) < 4.78 is 10.8. The molecule has 0 bridgehead atoms. The summed E-state index contributed by atoms with van der Waals surface area (Å²) in [6.07, 6.45) is 0.851. The highest BCUT2D eigenvalue weighted by Crippen LogP contribution is 2.25.